The fourth-order valence-corrected chi connectivity index (χ4v) is 3.93. The second-order valence-corrected chi connectivity index (χ2v) is 7.06. The number of nitrogens with zero attached hydrogens (tertiary/aromatic N) is 4. The Labute approximate surface area is 144 Å². The molecule has 3 rings (SSSR count). The molecule has 0 radical (unpaired) electrons. The first-order valence-corrected chi connectivity index (χ1v) is 9.02. The van der Waals surface area contributed by atoms with Crippen LogP contribution in [0.15, 0.2) is 6.07 Å². The Hall–Kier alpha value is -2.09. The molecule has 5 heteroatoms. The topological polar surface area (TPSA) is 60.2 Å². The molecule has 2 fully saturated rings. The summed E-state index contributed by atoms with van der Waals surface area (Å²) in [6, 6.07) is 4.24. The van der Waals surface area contributed by atoms with Crippen LogP contribution in [0.5, 0.6) is 0 Å². The third-order valence-corrected chi connectivity index (χ3v) is 5.18. The van der Waals surface area contributed by atoms with E-state index in [1.165, 1.54) is 6.42 Å². The molecule has 24 heavy (non-hydrogen) atoms. The smallest absolute Gasteiger partial charge is 0.227 e. The molecule has 5 nitrogen and oxygen atoms in total. The van der Waals surface area contributed by atoms with Gasteiger partial charge in [-0.2, -0.15) is 5.26 Å². The molecular weight excluding hydrogens is 300 g/mol. The van der Waals surface area contributed by atoms with Gasteiger partial charge in [0.2, 0.25) is 5.91 Å². The molecule has 0 aliphatic carbocycles. The van der Waals surface area contributed by atoms with E-state index in [9.17, 15) is 10.1 Å². The molecule has 1 aromatic heterocycles. The Bertz CT molecular complexity index is 658. The summed E-state index contributed by atoms with van der Waals surface area (Å²) in [5.41, 5.74) is 2.53. The Morgan fingerprint density at radius 1 is 1.21 bits per heavy atom. The van der Waals surface area contributed by atoms with Crippen LogP contribution < -0.4 is 4.90 Å². The van der Waals surface area contributed by atoms with Gasteiger partial charge in [0.1, 0.15) is 11.9 Å². The van der Waals surface area contributed by atoms with E-state index in [1.807, 2.05) is 24.8 Å². The molecule has 0 aromatic carbocycles. The number of hydrogen-bond donors (Lipinski definition) is 0. The van der Waals surface area contributed by atoms with E-state index in [0.717, 1.165) is 62.4 Å². The van der Waals surface area contributed by atoms with Gasteiger partial charge >= 0.3 is 0 Å². The number of likely N-dealkylation sites (tertiary alicyclic amines) is 1. The summed E-state index contributed by atoms with van der Waals surface area (Å²) >= 11 is 0. The summed E-state index contributed by atoms with van der Waals surface area (Å²) in [5, 5.41) is 9.51. The second-order valence-electron chi connectivity index (χ2n) is 7.06. The Balaban J connectivity index is 1.79. The lowest BCUT2D eigenvalue weighted by molar-refractivity contribution is -0.136. The van der Waals surface area contributed by atoms with E-state index in [1.54, 1.807) is 0 Å². The summed E-state index contributed by atoms with van der Waals surface area (Å²) in [7, 11) is 0. The highest BCUT2D eigenvalue weighted by Gasteiger charge is 2.31. The maximum Gasteiger partial charge on any atom is 0.227 e. The monoisotopic (exact) mass is 326 g/mol. The molecule has 1 unspecified atom stereocenters. The van der Waals surface area contributed by atoms with Gasteiger partial charge in [-0.05, 0) is 57.6 Å². The number of hydrogen-bond acceptors (Lipinski definition) is 4. The zero-order chi connectivity index (χ0) is 17.1. The Kier molecular flexibility index (Phi) is 5.03. The van der Waals surface area contributed by atoms with Gasteiger partial charge in [0.25, 0.3) is 0 Å². The van der Waals surface area contributed by atoms with E-state index in [0.29, 0.717) is 18.0 Å². The lowest BCUT2D eigenvalue weighted by atomic mass is 9.95. The van der Waals surface area contributed by atoms with E-state index >= 15 is 0 Å². The average Bonchev–Trinajstić information content (AvgIpc) is 2.61. The summed E-state index contributed by atoms with van der Waals surface area (Å²) in [5.74, 6) is 1.08. The molecular formula is C19H26N4O. The molecule has 0 bridgehead atoms. The van der Waals surface area contributed by atoms with Crippen molar-refractivity contribution < 1.29 is 4.79 Å². The molecule has 2 aliphatic rings. The predicted molar refractivity (Wildman–Crippen MR) is 93.8 cm³/mol. The van der Waals surface area contributed by atoms with Gasteiger partial charge in [-0.1, -0.05) is 0 Å². The molecule has 0 saturated carbocycles. The van der Waals surface area contributed by atoms with Gasteiger partial charge in [-0.3, -0.25) is 4.79 Å². The number of aryl methyl sites for hydroxylation is 2. The third kappa shape index (κ3) is 3.38. The standard InChI is InChI=1S/C19H26N4O/c1-14-11-15(2)21-18(17(14)12-20)23-10-6-7-16(13-23)19(24)22-8-4-3-5-9-22/h11,16H,3-10,13H2,1-2H3. The van der Waals surface area contributed by atoms with E-state index in [4.69, 9.17) is 0 Å². The number of anilines is 1. The SMILES string of the molecule is Cc1cc(C)c(C#N)c(N2CCCC(C(=O)N3CCCCC3)C2)n1. The molecule has 2 saturated heterocycles. The van der Waals surface area contributed by atoms with Gasteiger partial charge in [0, 0.05) is 31.9 Å². The van der Waals surface area contributed by atoms with Crippen molar-refractivity contribution in [1.82, 2.24) is 9.88 Å². The number of amides is 1. The van der Waals surface area contributed by atoms with Crippen molar-refractivity contribution >= 4 is 11.7 Å². The summed E-state index contributed by atoms with van der Waals surface area (Å²) < 4.78 is 0. The van der Waals surface area contributed by atoms with Crippen molar-refractivity contribution in [1.29, 1.82) is 5.26 Å². The molecule has 0 N–H and O–H groups in total. The first-order valence-electron chi connectivity index (χ1n) is 9.02. The lowest BCUT2D eigenvalue weighted by Crippen LogP contribution is -2.46. The van der Waals surface area contributed by atoms with Crippen molar-refractivity contribution in [2.75, 3.05) is 31.1 Å². The highest BCUT2D eigenvalue weighted by atomic mass is 16.2. The molecule has 3 heterocycles. The highest BCUT2D eigenvalue weighted by Crippen LogP contribution is 2.28. The van der Waals surface area contributed by atoms with Crippen molar-refractivity contribution in [2.24, 2.45) is 5.92 Å². The van der Waals surface area contributed by atoms with E-state index in [-0.39, 0.29) is 5.92 Å². The van der Waals surface area contributed by atoms with Crippen molar-refractivity contribution in [2.45, 2.75) is 46.0 Å². The number of pyridine rings is 1. The van der Waals surface area contributed by atoms with Crippen molar-refractivity contribution in [3.63, 3.8) is 0 Å². The van der Waals surface area contributed by atoms with Crippen molar-refractivity contribution in [3.8, 4) is 6.07 Å². The van der Waals surface area contributed by atoms with Crippen LogP contribution in [0.4, 0.5) is 5.82 Å². The summed E-state index contributed by atoms with van der Waals surface area (Å²) in [6.45, 7) is 7.27. The minimum Gasteiger partial charge on any atom is -0.355 e. The third-order valence-electron chi connectivity index (χ3n) is 5.18. The predicted octanol–water partition coefficient (Wildman–Crippen LogP) is 2.80. The minimum absolute atomic E-state index is 0.0333. The van der Waals surface area contributed by atoms with E-state index in [2.05, 4.69) is 16.0 Å². The average molecular weight is 326 g/mol. The Morgan fingerprint density at radius 2 is 1.96 bits per heavy atom. The van der Waals surface area contributed by atoms with Crippen molar-refractivity contribution in [3.05, 3.63) is 22.9 Å². The maximum atomic E-state index is 12.8. The largest absolute Gasteiger partial charge is 0.355 e. The molecule has 1 atom stereocenters. The number of nitriles is 1. The normalized spacial score (nSPS) is 21.5. The zero-order valence-electron chi connectivity index (χ0n) is 14.7. The van der Waals surface area contributed by atoms with Gasteiger partial charge in [-0.15, -0.1) is 0 Å². The zero-order valence-corrected chi connectivity index (χ0v) is 14.7. The van der Waals surface area contributed by atoms with Crippen LogP contribution in [-0.4, -0.2) is 42.0 Å². The quantitative estimate of drug-likeness (QED) is 0.838. The summed E-state index contributed by atoms with van der Waals surface area (Å²) in [4.78, 5) is 21.6. The van der Waals surface area contributed by atoms with Crippen LogP contribution in [0, 0.1) is 31.1 Å². The first-order chi connectivity index (χ1) is 11.6. The van der Waals surface area contributed by atoms with Crippen LogP contribution >= 0.6 is 0 Å². The summed E-state index contributed by atoms with van der Waals surface area (Å²) in [6.07, 6.45) is 5.40. The maximum absolute atomic E-state index is 12.8. The number of aromatic nitrogens is 1. The van der Waals surface area contributed by atoms with Gasteiger partial charge in [0.15, 0.2) is 0 Å². The van der Waals surface area contributed by atoms with Crippen LogP contribution in [0.2, 0.25) is 0 Å². The number of carbonyl (C=O) groups is 1. The van der Waals surface area contributed by atoms with Gasteiger partial charge in [0.05, 0.1) is 11.5 Å². The first kappa shape index (κ1) is 16.8. The molecule has 2 aliphatic heterocycles. The fourth-order valence-electron chi connectivity index (χ4n) is 3.93. The van der Waals surface area contributed by atoms with Crippen LogP contribution in [0.25, 0.3) is 0 Å². The molecule has 1 aromatic rings. The lowest BCUT2D eigenvalue weighted by Gasteiger charge is -2.37. The molecule has 1 amide bonds. The minimum atomic E-state index is 0.0333. The van der Waals surface area contributed by atoms with Crippen LogP contribution in [0.1, 0.15) is 48.9 Å². The van der Waals surface area contributed by atoms with Gasteiger partial charge < -0.3 is 9.80 Å². The van der Waals surface area contributed by atoms with Crippen LogP contribution in [-0.2, 0) is 4.79 Å². The highest BCUT2D eigenvalue weighted by molar-refractivity contribution is 5.80. The van der Waals surface area contributed by atoms with Gasteiger partial charge in [-0.25, -0.2) is 4.98 Å². The fraction of sp³-hybridized carbons (Fsp3) is 0.632. The number of piperidine rings is 2. The number of carbonyl (C=O) groups excluding carboxylic acids is 1. The molecule has 0 spiro atoms. The second kappa shape index (κ2) is 7.21. The van der Waals surface area contributed by atoms with E-state index < -0.39 is 0 Å². The number of rotatable bonds is 2. The Morgan fingerprint density at radius 3 is 2.67 bits per heavy atom. The van der Waals surface area contributed by atoms with Crippen LogP contribution in [0.3, 0.4) is 0 Å². The molecule has 128 valence electrons.